The van der Waals surface area contributed by atoms with E-state index in [0.717, 1.165) is 0 Å². The number of nitrogens with zero attached hydrogens (tertiary/aromatic N) is 1. The fourth-order valence-electron chi connectivity index (χ4n) is 1.24. The van der Waals surface area contributed by atoms with E-state index in [1.54, 1.807) is 6.08 Å². The molecule has 0 N–H and O–H groups in total. The van der Waals surface area contributed by atoms with E-state index >= 15 is 0 Å². The summed E-state index contributed by atoms with van der Waals surface area (Å²) >= 11 is 9.17. The second-order valence-corrected chi connectivity index (χ2v) is 3.94. The van der Waals surface area contributed by atoms with Crippen LogP contribution in [0.3, 0.4) is 0 Å². The highest BCUT2D eigenvalue weighted by Crippen LogP contribution is 2.30. The Morgan fingerprint density at radius 3 is 2.85 bits per heavy atom. The van der Waals surface area contributed by atoms with E-state index in [1.165, 1.54) is 6.08 Å². The molecule has 0 saturated carbocycles. The first-order valence-electron chi connectivity index (χ1n) is 3.73. The summed E-state index contributed by atoms with van der Waals surface area (Å²) in [5.41, 5.74) is 0.694. The lowest BCUT2D eigenvalue weighted by Gasteiger charge is -2.18. The summed E-state index contributed by atoms with van der Waals surface area (Å²) < 4.78 is 0.708. The van der Waals surface area contributed by atoms with Gasteiger partial charge in [0, 0.05) is 12.0 Å². The fourth-order valence-corrected chi connectivity index (χ4v) is 1.90. The zero-order valence-corrected chi connectivity index (χ0v) is 8.84. The van der Waals surface area contributed by atoms with Crippen LogP contribution in [0.4, 0.5) is 0 Å². The molecule has 0 spiro atoms. The number of aliphatic imine (C=N–C) groups is 1. The molecular weight excluding hydrogens is 253 g/mol. The first-order chi connectivity index (χ1) is 6.18. The van der Waals surface area contributed by atoms with Crippen molar-refractivity contribution < 1.29 is 4.79 Å². The van der Waals surface area contributed by atoms with Gasteiger partial charge in [-0.3, -0.25) is 4.79 Å². The number of hydrogen-bond donors (Lipinski definition) is 0. The van der Waals surface area contributed by atoms with Gasteiger partial charge in [-0.1, -0.05) is 23.8 Å². The third-order valence-electron chi connectivity index (χ3n) is 1.88. The molecule has 0 aromatic rings. The average Bonchev–Trinajstić information content (AvgIpc) is 2.12. The lowest BCUT2D eigenvalue weighted by Crippen LogP contribution is -2.19. The minimum atomic E-state index is -0.233. The highest BCUT2D eigenvalue weighted by molar-refractivity contribution is 9.12. The maximum absolute atomic E-state index is 11.0. The summed E-state index contributed by atoms with van der Waals surface area (Å²) in [5, 5.41) is 0.582. The van der Waals surface area contributed by atoms with Crippen molar-refractivity contribution in [3.8, 4) is 0 Å². The van der Waals surface area contributed by atoms with Crippen LogP contribution in [0.15, 0.2) is 38.8 Å². The SMILES string of the molecule is O=C1C=CC2C=CC(Cl)=C(Br)C2=N1. The Morgan fingerprint density at radius 2 is 2.08 bits per heavy atom. The molecule has 0 bridgehead atoms. The van der Waals surface area contributed by atoms with Crippen LogP contribution < -0.4 is 0 Å². The first-order valence-corrected chi connectivity index (χ1v) is 4.90. The number of halogens is 2. The molecule has 4 heteroatoms. The number of allylic oxidation sites excluding steroid dienone is 5. The Hall–Kier alpha value is -0.670. The van der Waals surface area contributed by atoms with Gasteiger partial charge in [0.25, 0.3) is 5.91 Å². The minimum Gasteiger partial charge on any atom is -0.267 e. The van der Waals surface area contributed by atoms with Gasteiger partial charge in [-0.15, -0.1) is 0 Å². The summed E-state index contributed by atoms with van der Waals surface area (Å²) in [7, 11) is 0. The number of rotatable bonds is 0. The van der Waals surface area contributed by atoms with Crippen LogP contribution in [0.1, 0.15) is 0 Å². The number of carbonyl (C=O) groups excluding carboxylic acids is 1. The van der Waals surface area contributed by atoms with Gasteiger partial charge in [0.2, 0.25) is 0 Å². The predicted molar refractivity (Wildman–Crippen MR) is 56.0 cm³/mol. The summed E-state index contributed by atoms with van der Waals surface area (Å²) in [6.45, 7) is 0. The Kier molecular flexibility index (Phi) is 2.22. The van der Waals surface area contributed by atoms with Crippen LogP contribution in [-0.4, -0.2) is 11.6 Å². The summed E-state index contributed by atoms with van der Waals surface area (Å²) in [5.74, 6) is -0.155. The molecule has 2 rings (SSSR count). The van der Waals surface area contributed by atoms with E-state index in [-0.39, 0.29) is 11.8 Å². The molecule has 1 unspecified atom stereocenters. The molecule has 1 aliphatic carbocycles. The minimum absolute atomic E-state index is 0.0783. The Bertz CT molecular complexity index is 392. The van der Waals surface area contributed by atoms with Crippen LogP contribution >= 0.6 is 27.5 Å². The third-order valence-corrected chi connectivity index (χ3v) is 3.25. The van der Waals surface area contributed by atoms with Gasteiger partial charge >= 0.3 is 0 Å². The zero-order valence-electron chi connectivity index (χ0n) is 6.50. The summed E-state index contributed by atoms with van der Waals surface area (Å²) in [6, 6.07) is 0. The molecule has 2 nitrogen and oxygen atoms in total. The third kappa shape index (κ3) is 1.54. The molecule has 1 atom stereocenters. The molecule has 66 valence electrons. The van der Waals surface area contributed by atoms with Crippen molar-refractivity contribution in [1.82, 2.24) is 0 Å². The first kappa shape index (κ1) is 8.91. The molecule has 13 heavy (non-hydrogen) atoms. The second kappa shape index (κ2) is 3.24. The molecule has 2 aliphatic rings. The lowest BCUT2D eigenvalue weighted by atomic mass is 9.96. The smallest absolute Gasteiger partial charge is 0.267 e. The number of fused-ring (bicyclic) bond motifs is 1. The predicted octanol–water partition coefficient (Wildman–Crippen LogP) is 2.56. The molecule has 0 saturated heterocycles. The van der Waals surface area contributed by atoms with Gasteiger partial charge in [0.15, 0.2) is 0 Å². The maximum atomic E-state index is 11.0. The standard InChI is InChI=1S/C9H5BrClNO/c10-8-6(11)3-1-5-2-4-7(13)12-9(5)8/h1-5H. The molecule has 1 amide bonds. The number of hydrogen-bond acceptors (Lipinski definition) is 1. The van der Waals surface area contributed by atoms with Crippen LogP contribution in [0.2, 0.25) is 0 Å². The van der Waals surface area contributed by atoms with E-state index < -0.39 is 0 Å². The zero-order chi connectivity index (χ0) is 9.42. The molecule has 0 aromatic carbocycles. The van der Waals surface area contributed by atoms with E-state index in [4.69, 9.17) is 11.6 Å². The van der Waals surface area contributed by atoms with Crippen molar-refractivity contribution >= 4 is 39.1 Å². The summed E-state index contributed by atoms with van der Waals surface area (Å²) in [4.78, 5) is 14.9. The normalized spacial score (nSPS) is 26.2. The van der Waals surface area contributed by atoms with Crippen molar-refractivity contribution in [2.45, 2.75) is 0 Å². The maximum Gasteiger partial charge on any atom is 0.269 e. The Balaban J connectivity index is 2.48. The second-order valence-electron chi connectivity index (χ2n) is 2.74. The quantitative estimate of drug-likeness (QED) is 0.656. The molecule has 0 aromatic heterocycles. The van der Waals surface area contributed by atoms with Gasteiger partial charge in [-0.2, -0.15) is 0 Å². The van der Waals surface area contributed by atoms with E-state index in [0.29, 0.717) is 15.2 Å². The van der Waals surface area contributed by atoms with E-state index in [9.17, 15) is 4.79 Å². The van der Waals surface area contributed by atoms with Gasteiger partial charge in [0.1, 0.15) is 0 Å². The monoisotopic (exact) mass is 257 g/mol. The number of amides is 1. The molecule has 1 heterocycles. The van der Waals surface area contributed by atoms with Crippen LogP contribution in [-0.2, 0) is 4.79 Å². The Morgan fingerprint density at radius 1 is 1.38 bits per heavy atom. The average molecular weight is 259 g/mol. The molecule has 1 aliphatic heterocycles. The van der Waals surface area contributed by atoms with Gasteiger partial charge in [0.05, 0.1) is 15.2 Å². The van der Waals surface area contributed by atoms with Crippen molar-refractivity contribution in [2.24, 2.45) is 10.9 Å². The van der Waals surface area contributed by atoms with Crippen LogP contribution in [0.5, 0.6) is 0 Å². The molecular formula is C9H5BrClNO. The molecule has 0 radical (unpaired) electrons. The lowest BCUT2D eigenvalue weighted by molar-refractivity contribution is -0.113. The Labute approximate surface area is 88.8 Å². The fraction of sp³-hybridized carbons (Fsp3) is 0.111. The van der Waals surface area contributed by atoms with Gasteiger partial charge in [-0.25, -0.2) is 4.99 Å². The van der Waals surface area contributed by atoms with Gasteiger partial charge < -0.3 is 0 Å². The van der Waals surface area contributed by atoms with Crippen molar-refractivity contribution in [2.75, 3.05) is 0 Å². The summed E-state index contributed by atoms with van der Waals surface area (Å²) in [6.07, 6.45) is 6.99. The highest BCUT2D eigenvalue weighted by atomic mass is 79.9. The topological polar surface area (TPSA) is 29.4 Å². The number of dihydropyridines is 1. The largest absolute Gasteiger partial charge is 0.269 e. The van der Waals surface area contributed by atoms with Crippen molar-refractivity contribution in [1.29, 1.82) is 0 Å². The van der Waals surface area contributed by atoms with Crippen LogP contribution in [0.25, 0.3) is 0 Å². The van der Waals surface area contributed by atoms with Gasteiger partial charge in [-0.05, 0) is 22.0 Å². The van der Waals surface area contributed by atoms with Crippen molar-refractivity contribution in [3.05, 3.63) is 33.8 Å². The van der Waals surface area contributed by atoms with Crippen molar-refractivity contribution in [3.63, 3.8) is 0 Å². The number of carbonyl (C=O) groups is 1. The van der Waals surface area contributed by atoms with E-state index in [2.05, 4.69) is 20.9 Å². The van der Waals surface area contributed by atoms with Crippen LogP contribution in [0, 0.1) is 5.92 Å². The molecule has 0 fully saturated rings. The highest BCUT2D eigenvalue weighted by Gasteiger charge is 2.23. The van der Waals surface area contributed by atoms with E-state index in [1.807, 2.05) is 12.2 Å².